The smallest absolute Gasteiger partial charge is 0.340 e. The van der Waals surface area contributed by atoms with Gasteiger partial charge in [0.05, 0.1) is 5.56 Å². The lowest BCUT2D eigenvalue weighted by atomic mass is 9.95. The summed E-state index contributed by atoms with van der Waals surface area (Å²) in [5.41, 5.74) is 2.62. The number of benzene rings is 1. The molecule has 1 unspecified atom stereocenters. The van der Waals surface area contributed by atoms with Gasteiger partial charge in [-0.25, -0.2) is 4.79 Å². The van der Waals surface area contributed by atoms with Crippen LogP contribution in [0.15, 0.2) is 18.2 Å². The van der Waals surface area contributed by atoms with Crippen molar-refractivity contribution >= 4 is 5.97 Å². The second kappa shape index (κ2) is 4.47. The SMILES string of the molecule is COCOC1(C)Cc2ccc(C)cc2C(=O)O1. The number of aryl methyl sites for hydroxylation is 1. The summed E-state index contributed by atoms with van der Waals surface area (Å²) in [5.74, 6) is -1.27. The Morgan fingerprint density at radius 1 is 1.47 bits per heavy atom. The molecule has 0 fully saturated rings. The highest BCUT2D eigenvalue weighted by Gasteiger charge is 2.37. The molecular weight excluding hydrogens is 220 g/mol. The average molecular weight is 236 g/mol. The molecular formula is C13H16O4. The van der Waals surface area contributed by atoms with Gasteiger partial charge in [-0.05, 0) is 18.6 Å². The molecule has 0 bridgehead atoms. The van der Waals surface area contributed by atoms with Crippen molar-refractivity contribution in [3.8, 4) is 0 Å². The Bertz CT molecular complexity index is 441. The first kappa shape index (κ1) is 12.1. The molecule has 92 valence electrons. The first-order valence-electron chi connectivity index (χ1n) is 5.50. The third-order valence-corrected chi connectivity index (χ3v) is 2.79. The summed E-state index contributed by atoms with van der Waals surface area (Å²) < 4.78 is 15.6. The Morgan fingerprint density at radius 3 is 2.94 bits per heavy atom. The third-order valence-electron chi connectivity index (χ3n) is 2.79. The molecule has 1 heterocycles. The number of ether oxygens (including phenoxy) is 3. The number of carbonyl (C=O) groups excluding carboxylic acids is 1. The van der Waals surface area contributed by atoms with Crippen LogP contribution >= 0.6 is 0 Å². The second-order valence-electron chi connectivity index (χ2n) is 4.41. The van der Waals surface area contributed by atoms with Gasteiger partial charge in [-0.2, -0.15) is 0 Å². The van der Waals surface area contributed by atoms with E-state index in [0.717, 1.165) is 11.1 Å². The number of carbonyl (C=O) groups is 1. The molecule has 0 radical (unpaired) electrons. The van der Waals surface area contributed by atoms with Crippen molar-refractivity contribution in [2.75, 3.05) is 13.9 Å². The van der Waals surface area contributed by atoms with Crippen LogP contribution in [0, 0.1) is 6.92 Å². The van der Waals surface area contributed by atoms with Crippen LogP contribution in [0.3, 0.4) is 0 Å². The van der Waals surface area contributed by atoms with Gasteiger partial charge in [0.2, 0.25) is 5.79 Å². The van der Waals surface area contributed by atoms with Gasteiger partial charge in [-0.1, -0.05) is 17.7 Å². The number of methoxy groups -OCH3 is 1. The van der Waals surface area contributed by atoms with E-state index < -0.39 is 5.79 Å². The first-order chi connectivity index (χ1) is 8.04. The number of hydrogen-bond donors (Lipinski definition) is 0. The maximum absolute atomic E-state index is 11.9. The number of rotatable bonds is 3. The molecule has 1 aromatic rings. The minimum atomic E-state index is -0.935. The van der Waals surface area contributed by atoms with E-state index in [9.17, 15) is 4.79 Å². The summed E-state index contributed by atoms with van der Waals surface area (Å²) in [4.78, 5) is 11.9. The lowest BCUT2D eigenvalue weighted by Gasteiger charge is -2.33. The first-order valence-corrected chi connectivity index (χ1v) is 5.50. The molecule has 2 rings (SSSR count). The van der Waals surface area contributed by atoms with Gasteiger partial charge in [0.1, 0.15) is 0 Å². The number of esters is 1. The Hall–Kier alpha value is -1.39. The van der Waals surface area contributed by atoms with E-state index in [2.05, 4.69) is 0 Å². The zero-order valence-electron chi connectivity index (χ0n) is 10.3. The van der Waals surface area contributed by atoms with E-state index in [1.165, 1.54) is 7.11 Å². The van der Waals surface area contributed by atoms with Crippen LogP contribution in [0.4, 0.5) is 0 Å². The summed E-state index contributed by atoms with van der Waals surface area (Å²) in [5, 5.41) is 0. The fraction of sp³-hybridized carbons (Fsp3) is 0.462. The van der Waals surface area contributed by atoms with Gasteiger partial charge >= 0.3 is 5.97 Å². The van der Waals surface area contributed by atoms with E-state index in [-0.39, 0.29) is 12.8 Å². The van der Waals surface area contributed by atoms with Gasteiger partial charge in [0, 0.05) is 20.5 Å². The maximum atomic E-state index is 11.9. The van der Waals surface area contributed by atoms with E-state index in [0.29, 0.717) is 12.0 Å². The largest absolute Gasteiger partial charge is 0.429 e. The molecule has 4 heteroatoms. The van der Waals surface area contributed by atoms with Crippen molar-refractivity contribution < 1.29 is 19.0 Å². The van der Waals surface area contributed by atoms with Crippen LogP contribution in [0.2, 0.25) is 0 Å². The molecule has 4 nitrogen and oxygen atoms in total. The molecule has 17 heavy (non-hydrogen) atoms. The van der Waals surface area contributed by atoms with Crippen molar-refractivity contribution in [2.45, 2.75) is 26.1 Å². The second-order valence-corrected chi connectivity index (χ2v) is 4.41. The van der Waals surface area contributed by atoms with Crippen molar-refractivity contribution in [1.82, 2.24) is 0 Å². The predicted octanol–water partition coefficient (Wildman–Crippen LogP) is 2.04. The van der Waals surface area contributed by atoms with Crippen molar-refractivity contribution in [3.05, 3.63) is 34.9 Å². The highest BCUT2D eigenvalue weighted by Crippen LogP contribution is 2.29. The quantitative estimate of drug-likeness (QED) is 0.595. The molecule has 0 saturated carbocycles. The number of cyclic esters (lactones) is 1. The van der Waals surface area contributed by atoms with Crippen molar-refractivity contribution in [1.29, 1.82) is 0 Å². The summed E-state index contributed by atoms with van der Waals surface area (Å²) in [6, 6.07) is 5.77. The summed E-state index contributed by atoms with van der Waals surface area (Å²) in [6.07, 6.45) is 0.539. The lowest BCUT2D eigenvalue weighted by Crippen LogP contribution is -2.41. The highest BCUT2D eigenvalue weighted by molar-refractivity contribution is 5.92. The molecule has 0 N–H and O–H groups in total. The van der Waals surface area contributed by atoms with Gasteiger partial charge in [-0.15, -0.1) is 0 Å². The fourth-order valence-corrected chi connectivity index (χ4v) is 1.93. The minimum absolute atomic E-state index is 0.102. The predicted molar refractivity (Wildman–Crippen MR) is 61.7 cm³/mol. The third kappa shape index (κ3) is 2.48. The molecule has 1 atom stereocenters. The molecule has 1 aliphatic rings. The molecule has 0 aromatic heterocycles. The Labute approximate surface area is 100 Å². The zero-order chi connectivity index (χ0) is 12.5. The normalized spacial score (nSPS) is 23.1. The van der Waals surface area contributed by atoms with E-state index in [1.54, 1.807) is 6.92 Å². The van der Waals surface area contributed by atoms with Crippen LogP contribution in [0.5, 0.6) is 0 Å². The molecule has 0 spiro atoms. The highest BCUT2D eigenvalue weighted by atomic mass is 16.8. The van der Waals surface area contributed by atoms with Gasteiger partial charge in [0.15, 0.2) is 6.79 Å². The van der Waals surface area contributed by atoms with E-state index in [1.807, 2.05) is 25.1 Å². The number of hydrogen-bond acceptors (Lipinski definition) is 4. The van der Waals surface area contributed by atoms with Crippen LogP contribution in [-0.2, 0) is 20.6 Å². The van der Waals surface area contributed by atoms with Crippen molar-refractivity contribution in [3.63, 3.8) is 0 Å². The Kier molecular flexibility index (Phi) is 3.17. The molecule has 1 aliphatic heterocycles. The molecule has 0 amide bonds. The molecule has 0 aliphatic carbocycles. The van der Waals surface area contributed by atoms with Crippen LogP contribution in [-0.4, -0.2) is 25.7 Å². The zero-order valence-corrected chi connectivity index (χ0v) is 10.3. The van der Waals surface area contributed by atoms with E-state index >= 15 is 0 Å². The Balaban J connectivity index is 2.27. The number of fused-ring (bicyclic) bond motifs is 1. The van der Waals surface area contributed by atoms with E-state index in [4.69, 9.17) is 14.2 Å². The van der Waals surface area contributed by atoms with Crippen LogP contribution < -0.4 is 0 Å². The average Bonchev–Trinajstić information content (AvgIpc) is 2.28. The maximum Gasteiger partial charge on any atom is 0.340 e. The monoisotopic (exact) mass is 236 g/mol. The minimum Gasteiger partial charge on any atom is -0.429 e. The van der Waals surface area contributed by atoms with Crippen LogP contribution in [0.1, 0.15) is 28.4 Å². The fourth-order valence-electron chi connectivity index (χ4n) is 1.93. The van der Waals surface area contributed by atoms with Gasteiger partial charge < -0.3 is 14.2 Å². The topological polar surface area (TPSA) is 44.8 Å². The lowest BCUT2D eigenvalue weighted by molar-refractivity contribution is -0.233. The van der Waals surface area contributed by atoms with Crippen LogP contribution in [0.25, 0.3) is 0 Å². The standard InChI is InChI=1S/C13H16O4/c1-9-4-5-10-7-13(2,16-8-15-3)17-12(14)11(10)6-9/h4-6H,7-8H2,1-3H3. The molecule has 1 aromatic carbocycles. The van der Waals surface area contributed by atoms with Gasteiger partial charge in [0.25, 0.3) is 0 Å². The van der Waals surface area contributed by atoms with Crippen molar-refractivity contribution in [2.24, 2.45) is 0 Å². The molecule has 0 saturated heterocycles. The Morgan fingerprint density at radius 2 is 2.24 bits per heavy atom. The summed E-state index contributed by atoms with van der Waals surface area (Å²) in [7, 11) is 1.53. The van der Waals surface area contributed by atoms with Gasteiger partial charge in [-0.3, -0.25) is 0 Å². The summed E-state index contributed by atoms with van der Waals surface area (Å²) in [6.45, 7) is 3.79. The summed E-state index contributed by atoms with van der Waals surface area (Å²) >= 11 is 0.